The Kier molecular flexibility index (Phi) is 22.1. The number of carboxylic acids is 1. The Hall–Kier alpha value is -2.17. The molecular weight excluding hydrogens is 637 g/mol. The number of nitrogens with one attached hydrogen (secondary N) is 3. The first-order valence-electron chi connectivity index (χ1n) is 13.3. The highest BCUT2D eigenvalue weighted by Crippen LogP contribution is 2.09. The summed E-state index contributed by atoms with van der Waals surface area (Å²) in [5, 5.41) is 17.8. The Morgan fingerprint density at radius 2 is 1.45 bits per heavy atom. The average Bonchev–Trinajstić information content (AvgIpc) is 2.93. The molecule has 0 aliphatic rings. The second-order valence-corrected chi connectivity index (χ2v) is 9.89. The second-order valence-electron chi connectivity index (χ2n) is 8.64. The number of hydrogen-bond donors (Lipinski definition) is 4. The third kappa shape index (κ3) is 20.7. The van der Waals surface area contributed by atoms with Gasteiger partial charge in [-0.1, -0.05) is 12.1 Å². The van der Waals surface area contributed by atoms with Crippen LogP contribution in [0.5, 0.6) is 0 Å². The lowest BCUT2D eigenvalue weighted by Crippen LogP contribution is -2.38. The largest absolute Gasteiger partial charge is 0.480 e. The highest BCUT2D eigenvalue weighted by atomic mass is 127. The summed E-state index contributed by atoms with van der Waals surface area (Å²) in [4.78, 5) is 45.1. The molecule has 40 heavy (non-hydrogen) atoms. The predicted molar refractivity (Wildman–Crippen MR) is 156 cm³/mol. The van der Waals surface area contributed by atoms with Crippen molar-refractivity contribution in [3.05, 3.63) is 33.4 Å². The van der Waals surface area contributed by atoms with E-state index in [0.717, 1.165) is 19.3 Å². The molecule has 1 radical (unpaired) electrons. The van der Waals surface area contributed by atoms with Crippen LogP contribution in [0.4, 0.5) is 0 Å². The minimum atomic E-state index is -0.965. The summed E-state index contributed by atoms with van der Waals surface area (Å²) in [6, 6.07) is 7.59. The lowest BCUT2D eigenvalue weighted by Gasteiger charge is -2.14. The van der Waals surface area contributed by atoms with Crippen LogP contribution in [-0.4, -0.2) is 108 Å². The first-order valence-corrected chi connectivity index (χ1v) is 14.4. The lowest BCUT2D eigenvalue weighted by molar-refractivity contribution is -0.139. The van der Waals surface area contributed by atoms with Gasteiger partial charge in [0.2, 0.25) is 18.1 Å². The predicted octanol–water partition coefficient (Wildman–Crippen LogP) is 0.845. The van der Waals surface area contributed by atoms with Crippen LogP contribution in [0.2, 0.25) is 0 Å². The van der Waals surface area contributed by atoms with E-state index >= 15 is 0 Å². The number of hydrogen-bond acceptors (Lipinski definition) is 9. The van der Waals surface area contributed by atoms with Crippen molar-refractivity contribution in [2.75, 3.05) is 72.5 Å². The molecular formula is C27H41IN3O9. The molecule has 1 atom stereocenters. The number of rotatable bonds is 26. The first-order chi connectivity index (χ1) is 19.4. The van der Waals surface area contributed by atoms with E-state index in [1.807, 2.05) is 0 Å². The molecule has 1 aromatic rings. The molecule has 0 aliphatic heterocycles. The van der Waals surface area contributed by atoms with Crippen LogP contribution in [0.25, 0.3) is 0 Å². The summed E-state index contributed by atoms with van der Waals surface area (Å²) in [5.41, 5.74) is 1.26. The number of carbonyl (C=O) groups is 3. The van der Waals surface area contributed by atoms with Crippen LogP contribution in [0.3, 0.4) is 0 Å². The summed E-state index contributed by atoms with van der Waals surface area (Å²) in [5.74, 6) is -1.48. The molecule has 13 heteroatoms. The standard InChI is InChI=1S/C27H41IN3O9/c28-23-6-4-22(5-7-23)3-1-2-10-29-24(27(35)36)8-9-25(33)30-11-14-38-19-20-40-21-26(34)31-12-15-37-17-18-39-16-13-32/h4-7,24,29H,1-3,8-12,14-21H2,(H,30,33)(H,31,34)(H,35,36)/t24-/m0/s1. The fourth-order valence-corrected chi connectivity index (χ4v) is 3.71. The molecule has 0 aromatic heterocycles. The van der Waals surface area contributed by atoms with Gasteiger partial charge in [0, 0.05) is 23.1 Å². The number of aryl methyl sites for hydroxylation is 1. The van der Waals surface area contributed by atoms with E-state index in [9.17, 15) is 24.3 Å². The van der Waals surface area contributed by atoms with Crippen molar-refractivity contribution in [1.29, 1.82) is 0 Å². The Balaban J connectivity index is 1.96. The molecule has 4 N–H and O–H groups in total. The minimum absolute atomic E-state index is 0.0842. The van der Waals surface area contributed by atoms with Crippen LogP contribution >= 0.6 is 22.6 Å². The van der Waals surface area contributed by atoms with Gasteiger partial charge in [-0.15, -0.1) is 0 Å². The van der Waals surface area contributed by atoms with Crippen LogP contribution < -0.4 is 16.0 Å². The van der Waals surface area contributed by atoms with Gasteiger partial charge in [-0.3, -0.25) is 19.2 Å². The number of carboxylic acid groups (broad SMARTS) is 1. The number of carbonyl (C=O) groups excluding carboxylic acids is 3. The molecule has 0 fully saturated rings. The number of ether oxygens (including phenoxy) is 4. The molecule has 0 spiro atoms. The molecule has 0 saturated heterocycles. The van der Waals surface area contributed by atoms with Crippen LogP contribution in [-0.2, 0) is 44.5 Å². The number of aliphatic carboxylic acids is 1. The maximum Gasteiger partial charge on any atom is 0.320 e. The van der Waals surface area contributed by atoms with Gasteiger partial charge in [-0.05, 0) is 72.5 Å². The quantitative estimate of drug-likeness (QED) is 0.0817. The van der Waals surface area contributed by atoms with Crippen molar-refractivity contribution in [3.8, 4) is 0 Å². The molecule has 0 saturated carbocycles. The average molecular weight is 679 g/mol. The van der Waals surface area contributed by atoms with Gasteiger partial charge in [-0.25, -0.2) is 0 Å². The Morgan fingerprint density at radius 3 is 2.10 bits per heavy atom. The van der Waals surface area contributed by atoms with E-state index in [1.54, 1.807) is 6.29 Å². The summed E-state index contributed by atoms with van der Waals surface area (Å²) < 4.78 is 21.9. The summed E-state index contributed by atoms with van der Waals surface area (Å²) in [7, 11) is 0. The van der Waals surface area contributed by atoms with Crippen molar-refractivity contribution in [1.82, 2.24) is 16.0 Å². The van der Waals surface area contributed by atoms with Crippen molar-refractivity contribution in [2.24, 2.45) is 0 Å². The fourth-order valence-electron chi connectivity index (χ4n) is 3.35. The zero-order valence-electron chi connectivity index (χ0n) is 22.8. The van der Waals surface area contributed by atoms with Gasteiger partial charge in [0.05, 0.1) is 39.6 Å². The molecule has 2 amide bonds. The summed E-state index contributed by atoms with van der Waals surface area (Å²) in [6.45, 7) is 2.69. The van der Waals surface area contributed by atoms with Crippen LogP contribution in [0.15, 0.2) is 24.3 Å². The van der Waals surface area contributed by atoms with E-state index in [-0.39, 0.29) is 64.3 Å². The molecule has 0 unspecified atom stereocenters. The normalized spacial score (nSPS) is 11.6. The van der Waals surface area contributed by atoms with Gasteiger partial charge < -0.3 is 40.0 Å². The molecule has 0 heterocycles. The lowest BCUT2D eigenvalue weighted by atomic mass is 10.1. The number of benzene rings is 1. The zero-order chi connectivity index (χ0) is 29.3. The SMILES string of the molecule is O=[C]COCCOCCNC(=O)COCCOCCNC(=O)CC[C@H](NCCCCc1ccc(I)cc1)C(=O)O. The maximum absolute atomic E-state index is 12.0. The van der Waals surface area contributed by atoms with Crippen molar-refractivity contribution in [3.63, 3.8) is 0 Å². The zero-order valence-corrected chi connectivity index (χ0v) is 24.9. The smallest absolute Gasteiger partial charge is 0.320 e. The van der Waals surface area contributed by atoms with E-state index in [0.29, 0.717) is 32.8 Å². The molecule has 0 aliphatic carbocycles. The highest BCUT2D eigenvalue weighted by molar-refractivity contribution is 14.1. The highest BCUT2D eigenvalue weighted by Gasteiger charge is 2.17. The Bertz CT molecular complexity index is 843. The second kappa shape index (κ2) is 24.6. The molecule has 12 nitrogen and oxygen atoms in total. The minimum Gasteiger partial charge on any atom is -0.480 e. The first kappa shape index (κ1) is 35.9. The number of unbranched alkanes of at least 4 members (excludes halogenated alkanes) is 1. The molecule has 225 valence electrons. The molecule has 1 aromatic carbocycles. The van der Waals surface area contributed by atoms with Crippen LogP contribution in [0, 0.1) is 3.57 Å². The van der Waals surface area contributed by atoms with Gasteiger partial charge in [-0.2, -0.15) is 0 Å². The van der Waals surface area contributed by atoms with Crippen molar-refractivity contribution in [2.45, 2.75) is 38.1 Å². The molecule has 0 bridgehead atoms. The van der Waals surface area contributed by atoms with Gasteiger partial charge in [0.25, 0.3) is 0 Å². The Morgan fingerprint density at radius 1 is 0.825 bits per heavy atom. The van der Waals surface area contributed by atoms with Gasteiger partial charge >= 0.3 is 5.97 Å². The van der Waals surface area contributed by atoms with E-state index in [1.165, 1.54) is 9.13 Å². The third-order valence-corrected chi connectivity index (χ3v) is 6.15. The monoisotopic (exact) mass is 678 g/mol. The number of amides is 2. The number of halogens is 1. The Labute approximate surface area is 249 Å². The maximum atomic E-state index is 12.0. The summed E-state index contributed by atoms with van der Waals surface area (Å²) >= 11 is 2.27. The van der Waals surface area contributed by atoms with E-state index in [2.05, 4.69) is 62.8 Å². The van der Waals surface area contributed by atoms with Crippen molar-refractivity contribution < 1.29 is 43.2 Å². The summed E-state index contributed by atoms with van der Waals surface area (Å²) in [6.07, 6.45) is 4.66. The van der Waals surface area contributed by atoms with E-state index in [4.69, 9.17) is 18.9 Å². The molecule has 1 rings (SSSR count). The van der Waals surface area contributed by atoms with Crippen LogP contribution in [0.1, 0.15) is 31.2 Å². The van der Waals surface area contributed by atoms with E-state index < -0.39 is 12.0 Å². The third-order valence-electron chi connectivity index (χ3n) is 5.43. The van der Waals surface area contributed by atoms with Crippen molar-refractivity contribution >= 4 is 46.7 Å². The topological polar surface area (TPSA) is 162 Å². The van der Waals surface area contributed by atoms with Gasteiger partial charge in [0.1, 0.15) is 19.3 Å². The fraction of sp³-hybridized carbons (Fsp3) is 0.630. The van der Waals surface area contributed by atoms with Gasteiger partial charge in [0.15, 0.2) is 0 Å².